The molecule has 1 aliphatic rings. The smallest absolute Gasteiger partial charge is 0.258 e. The lowest BCUT2D eigenvalue weighted by Gasteiger charge is -2.20. The maximum absolute atomic E-state index is 11.1. The van der Waals surface area contributed by atoms with Gasteiger partial charge in [-0.05, 0) is 23.6 Å². The maximum Gasteiger partial charge on any atom is 0.271 e. The molecule has 0 saturated carbocycles. The molecule has 0 fully saturated rings. The Hall–Kier alpha value is -2.92. The van der Waals surface area contributed by atoms with E-state index in [1.54, 1.807) is 30.0 Å². The van der Waals surface area contributed by atoms with E-state index in [1.807, 2.05) is 18.2 Å². The molecular formula is C19H10N2O2S. The zero-order valence-corrected chi connectivity index (χ0v) is 13.2. The van der Waals surface area contributed by atoms with Gasteiger partial charge in [0.15, 0.2) is 0 Å². The van der Waals surface area contributed by atoms with Gasteiger partial charge in [0.05, 0.1) is 16.1 Å². The van der Waals surface area contributed by atoms with Crippen LogP contribution in [0.5, 0.6) is 0 Å². The van der Waals surface area contributed by atoms with Gasteiger partial charge in [0.25, 0.3) is 5.69 Å². The molecule has 1 aliphatic heterocycles. The molecule has 0 N–H and O–H groups in total. The number of nitrogens with zero attached hydrogens (tertiary/aromatic N) is 2. The molecule has 0 aliphatic carbocycles. The van der Waals surface area contributed by atoms with Gasteiger partial charge in [0.2, 0.25) is 0 Å². The minimum atomic E-state index is -0.378. The molecule has 2 heterocycles. The molecular weight excluding hydrogens is 320 g/mol. The van der Waals surface area contributed by atoms with Crippen molar-refractivity contribution in [2.45, 2.75) is 9.79 Å². The van der Waals surface area contributed by atoms with E-state index in [4.69, 9.17) is 4.98 Å². The minimum Gasteiger partial charge on any atom is -0.258 e. The summed E-state index contributed by atoms with van der Waals surface area (Å²) in [5.74, 6) is 0. The van der Waals surface area contributed by atoms with Crippen LogP contribution in [0.25, 0.3) is 32.9 Å². The Morgan fingerprint density at radius 3 is 2.62 bits per heavy atom. The maximum atomic E-state index is 11.1. The third-order valence-electron chi connectivity index (χ3n) is 4.34. The molecule has 4 aromatic rings. The van der Waals surface area contributed by atoms with Gasteiger partial charge in [-0.25, -0.2) is 4.98 Å². The Morgan fingerprint density at radius 2 is 1.75 bits per heavy atom. The first kappa shape index (κ1) is 13.5. The van der Waals surface area contributed by atoms with E-state index >= 15 is 0 Å². The molecule has 114 valence electrons. The first-order valence-corrected chi connectivity index (χ1v) is 8.32. The van der Waals surface area contributed by atoms with Crippen LogP contribution in [0.1, 0.15) is 0 Å². The summed E-state index contributed by atoms with van der Waals surface area (Å²) in [5, 5.41) is 14.3. The van der Waals surface area contributed by atoms with Crippen LogP contribution in [0, 0.1) is 10.1 Å². The minimum absolute atomic E-state index is 0.0659. The predicted octanol–water partition coefficient (Wildman–Crippen LogP) is 5.43. The van der Waals surface area contributed by atoms with E-state index in [2.05, 4.69) is 24.3 Å². The number of benzene rings is 3. The van der Waals surface area contributed by atoms with Gasteiger partial charge < -0.3 is 0 Å². The highest BCUT2D eigenvalue weighted by atomic mass is 32.2. The summed E-state index contributed by atoms with van der Waals surface area (Å²) in [6.07, 6.45) is 0. The quantitative estimate of drug-likeness (QED) is 0.234. The van der Waals surface area contributed by atoms with Crippen molar-refractivity contribution in [2.75, 3.05) is 0 Å². The molecule has 1 aromatic heterocycles. The Labute approximate surface area is 141 Å². The highest BCUT2D eigenvalue weighted by Crippen LogP contribution is 2.48. The van der Waals surface area contributed by atoms with Gasteiger partial charge in [0.1, 0.15) is 0 Å². The fourth-order valence-corrected chi connectivity index (χ4v) is 4.39. The molecule has 3 aromatic carbocycles. The lowest BCUT2D eigenvalue weighted by molar-refractivity contribution is -0.384. The van der Waals surface area contributed by atoms with Gasteiger partial charge in [-0.1, -0.05) is 42.1 Å². The van der Waals surface area contributed by atoms with E-state index in [0.717, 1.165) is 32.3 Å². The number of pyridine rings is 1. The summed E-state index contributed by atoms with van der Waals surface area (Å²) < 4.78 is 0. The monoisotopic (exact) mass is 330 g/mol. The van der Waals surface area contributed by atoms with Crippen LogP contribution in [-0.2, 0) is 0 Å². The number of aromatic nitrogens is 1. The van der Waals surface area contributed by atoms with Gasteiger partial charge in [-0.15, -0.1) is 0 Å². The third kappa shape index (κ3) is 1.79. The van der Waals surface area contributed by atoms with Crippen molar-refractivity contribution < 1.29 is 4.92 Å². The third-order valence-corrected chi connectivity index (χ3v) is 5.48. The van der Waals surface area contributed by atoms with E-state index in [1.165, 1.54) is 4.90 Å². The number of nitro groups is 1. The van der Waals surface area contributed by atoms with Crippen molar-refractivity contribution in [3.63, 3.8) is 0 Å². The summed E-state index contributed by atoms with van der Waals surface area (Å²) in [7, 11) is 0. The topological polar surface area (TPSA) is 56.0 Å². The zero-order valence-electron chi connectivity index (χ0n) is 12.4. The van der Waals surface area contributed by atoms with Gasteiger partial charge in [-0.3, -0.25) is 10.1 Å². The highest BCUT2D eigenvalue weighted by molar-refractivity contribution is 7.99. The molecule has 5 heteroatoms. The van der Waals surface area contributed by atoms with Crippen molar-refractivity contribution in [3.05, 3.63) is 70.8 Å². The molecule has 0 spiro atoms. The van der Waals surface area contributed by atoms with Crippen LogP contribution in [0.2, 0.25) is 0 Å². The molecule has 0 atom stereocenters. The second kappa shape index (κ2) is 4.79. The molecule has 24 heavy (non-hydrogen) atoms. The second-order valence-electron chi connectivity index (χ2n) is 5.70. The fourth-order valence-electron chi connectivity index (χ4n) is 3.28. The fraction of sp³-hybridized carbons (Fsp3) is 0. The lowest BCUT2D eigenvalue weighted by Crippen LogP contribution is -1.97. The molecule has 5 rings (SSSR count). The Kier molecular flexibility index (Phi) is 2.69. The van der Waals surface area contributed by atoms with E-state index < -0.39 is 0 Å². The standard InChI is InChI=1S/C19H10N2O2S/c22-21(23)11-8-9-12-13-5-3-7-17-18(13)19(20-15(12)10-11)14-4-1-2-6-16(14)24-17/h1-10H. The number of nitro benzene ring substituents is 1. The van der Waals surface area contributed by atoms with Crippen molar-refractivity contribution >= 4 is 39.1 Å². The Morgan fingerprint density at radius 1 is 0.917 bits per heavy atom. The molecule has 4 nitrogen and oxygen atoms in total. The van der Waals surface area contributed by atoms with Crippen LogP contribution >= 0.6 is 11.8 Å². The summed E-state index contributed by atoms with van der Waals surface area (Å²) in [5.41, 5.74) is 2.71. The first-order chi connectivity index (χ1) is 11.7. The average Bonchev–Trinajstić information content (AvgIpc) is 2.61. The Balaban J connectivity index is 1.98. The zero-order chi connectivity index (χ0) is 16.3. The van der Waals surface area contributed by atoms with Crippen LogP contribution in [0.15, 0.2) is 70.5 Å². The number of fused-ring (bicyclic) bond motifs is 4. The molecule has 0 amide bonds. The molecule has 0 bridgehead atoms. The SMILES string of the molecule is O=[N+]([O-])c1ccc2c(c1)nc1c3c(cccc32)Sc2ccccc2-1. The van der Waals surface area contributed by atoms with Crippen LogP contribution in [0.3, 0.4) is 0 Å². The van der Waals surface area contributed by atoms with Crippen LogP contribution < -0.4 is 0 Å². The van der Waals surface area contributed by atoms with E-state index in [9.17, 15) is 10.1 Å². The summed E-state index contributed by atoms with van der Waals surface area (Å²) in [6.45, 7) is 0. The number of non-ortho nitro benzene ring substituents is 1. The largest absolute Gasteiger partial charge is 0.271 e. The number of hydrogen-bond donors (Lipinski definition) is 0. The summed E-state index contributed by atoms with van der Waals surface area (Å²) >= 11 is 1.74. The van der Waals surface area contributed by atoms with Crippen molar-refractivity contribution in [1.82, 2.24) is 4.98 Å². The predicted molar refractivity (Wildman–Crippen MR) is 95.5 cm³/mol. The van der Waals surface area contributed by atoms with Crippen molar-refractivity contribution in [2.24, 2.45) is 0 Å². The number of hydrogen-bond acceptors (Lipinski definition) is 4. The van der Waals surface area contributed by atoms with Gasteiger partial charge in [0, 0.05) is 38.3 Å². The van der Waals surface area contributed by atoms with Crippen LogP contribution in [0.4, 0.5) is 5.69 Å². The first-order valence-electron chi connectivity index (χ1n) is 7.50. The average molecular weight is 330 g/mol. The number of rotatable bonds is 1. The lowest BCUT2D eigenvalue weighted by atomic mass is 9.99. The van der Waals surface area contributed by atoms with Crippen LogP contribution in [-0.4, -0.2) is 9.91 Å². The van der Waals surface area contributed by atoms with Crippen molar-refractivity contribution in [1.29, 1.82) is 0 Å². The van der Waals surface area contributed by atoms with E-state index in [0.29, 0.717) is 5.52 Å². The van der Waals surface area contributed by atoms with Gasteiger partial charge >= 0.3 is 0 Å². The molecule has 0 unspecified atom stereocenters. The Bertz CT molecular complexity index is 1170. The normalized spacial score (nSPS) is 12.3. The van der Waals surface area contributed by atoms with Gasteiger partial charge in [-0.2, -0.15) is 0 Å². The second-order valence-corrected chi connectivity index (χ2v) is 6.78. The molecule has 0 saturated heterocycles. The highest BCUT2D eigenvalue weighted by Gasteiger charge is 2.22. The molecule has 0 radical (unpaired) electrons. The summed E-state index contributed by atoms with van der Waals surface area (Å²) in [4.78, 5) is 17.9. The van der Waals surface area contributed by atoms with E-state index in [-0.39, 0.29) is 10.6 Å². The van der Waals surface area contributed by atoms with Crippen molar-refractivity contribution in [3.8, 4) is 11.3 Å². The summed E-state index contributed by atoms with van der Waals surface area (Å²) in [6, 6.07) is 19.3.